The van der Waals surface area contributed by atoms with Gasteiger partial charge in [0.1, 0.15) is 5.69 Å². The number of carboxylic acid groups (broad SMARTS) is 1. The lowest BCUT2D eigenvalue weighted by molar-refractivity contribution is 0.0688. The van der Waals surface area contributed by atoms with E-state index < -0.39 is 5.97 Å². The van der Waals surface area contributed by atoms with Gasteiger partial charge in [-0.15, -0.1) is 0 Å². The van der Waals surface area contributed by atoms with Crippen molar-refractivity contribution in [2.45, 2.75) is 6.92 Å². The first-order valence-electron chi connectivity index (χ1n) is 4.76. The molecule has 16 heavy (non-hydrogen) atoms. The molecule has 1 aromatic carbocycles. The first-order valence-corrected chi connectivity index (χ1v) is 5.14. The van der Waals surface area contributed by atoms with E-state index >= 15 is 0 Å². The van der Waals surface area contributed by atoms with Crippen LogP contribution in [0.25, 0.3) is 5.69 Å². The Balaban J connectivity index is 2.59. The molecule has 0 aliphatic heterocycles. The van der Waals surface area contributed by atoms with Gasteiger partial charge >= 0.3 is 5.97 Å². The maximum atomic E-state index is 11.0. The number of halogens is 1. The number of benzene rings is 1. The zero-order valence-corrected chi connectivity index (χ0v) is 9.40. The van der Waals surface area contributed by atoms with Crippen LogP contribution >= 0.6 is 11.6 Å². The van der Waals surface area contributed by atoms with Crippen LogP contribution in [0.1, 0.15) is 16.1 Å². The Labute approximate surface area is 97.9 Å². The van der Waals surface area contributed by atoms with Crippen LogP contribution in [-0.2, 0) is 0 Å². The third-order valence-electron chi connectivity index (χ3n) is 2.29. The van der Waals surface area contributed by atoms with Gasteiger partial charge in [0.05, 0.1) is 5.02 Å². The van der Waals surface area contributed by atoms with Crippen molar-refractivity contribution in [1.82, 2.24) is 4.57 Å². The van der Waals surface area contributed by atoms with Gasteiger partial charge in [-0.3, -0.25) is 0 Å². The van der Waals surface area contributed by atoms with Crippen molar-refractivity contribution in [2.24, 2.45) is 0 Å². The molecule has 1 N–H and O–H groups in total. The Kier molecular flexibility index (Phi) is 2.71. The molecule has 3 nitrogen and oxygen atoms in total. The van der Waals surface area contributed by atoms with Crippen LogP contribution in [0.5, 0.6) is 0 Å². The van der Waals surface area contributed by atoms with Crippen molar-refractivity contribution in [3.8, 4) is 5.69 Å². The Hall–Kier alpha value is -1.74. The van der Waals surface area contributed by atoms with Gasteiger partial charge < -0.3 is 9.67 Å². The van der Waals surface area contributed by atoms with E-state index in [-0.39, 0.29) is 5.69 Å². The van der Waals surface area contributed by atoms with Gasteiger partial charge in [-0.1, -0.05) is 23.7 Å². The van der Waals surface area contributed by atoms with Gasteiger partial charge in [0.25, 0.3) is 0 Å². The van der Waals surface area contributed by atoms with Crippen LogP contribution in [0.2, 0.25) is 5.02 Å². The number of aromatic carboxylic acids is 1. The van der Waals surface area contributed by atoms with Crippen molar-refractivity contribution >= 4 is 17.6 Å². The second-order valence-corrected chi connectivity index (χ2v) is 3.99. The summed E-state index contributed by atoms with van der Waals surface area (Å²) < 4.78 is 1.57. The van der Waals surface area contributed by atoms with E-state index in [1.165, 1.54) is 6.07 Å². The predicted octanol–water partition coefficient (Wildman–Crippen LogP) is 3.14. The summed E-state index contributed by atoms with van der Waals surface area (Å²) in [5.74, 6) is -0.992. The Bertz CT molecular complexity index is 546. The smallest absolute Gasteiger partial charge is 0.352 e. The number of hydrogen-bond donors (Lipinski definition) is 1. The second kappa shape index (κ2) is 4.02. The van der Waals surface area contributed by atoms with Crippen molar-refractivity contribution in [3.05, 3.63) is 52.8 Å². The summed E-state index contributed by atoms with van der Waals surface area (Å²) in [5, 5.41) is 9.45. The highest BCUT2D eigenvalue weighted by molar-refractivity contribution is 6.31. The molecule has 82 valence electrons. The van der Waals surface area contributed by atoms with E-state index in [0.717, 1.165) is 11.3 Å². The minimum atomic E-state index is -0.992. The fourth-order valence-electron chi connectivity index (χ4n) is 1.59. The van der Waals surface area contributed by atoms with Crippen molar-refractivity contribution in [3.63, 3.8) is 0 Å². The summed E-state index contributed by atoms with van der Waals surface area (Å²) in [7, 11) is 0. The van der Waals surface area contributed by atoms with Crippen LogP contribution in [-0.4, -0.2) is 15.6 Å². The SMILES string of the molecule is Cc1cccc(-n2cc(Cl)cc2C(=O)O)c1. The molecule has 2 rings (SSSR count). The summed E-state index contributed by atoms with van der Waals surface area (Å²) in [5.41, 5.74) is 2.03. The molecule has 1 aromatic heterocycles. The highest BCUT2D eigenvalue weighted by Crippen LogP contribution is 2.20. The molecule has 0 aliphatic carbocycles. The number of rotatable bonds is 2. The fourth-order valence-corrected chi connectivity index (χ4v) is 1.79. The molecule has 0 bridgehead atoms. The van der Waals surface area contributed by atoms with Gasteiger partial charge in [0.2, 0.25) is 0 Å². The van der Waals surface area contributed by atoms with Gasteiger partial charge in [-0.2, -0.15) is 0 Å². The Morgan fingerprint density at radius 1 is 1.38 bits per heavy atom. The van der Waals surface area contributed by atoms with Crippen molar-refractivity contribution in [2.75, 3.05) is 0 Å². The standard InChI is InChI=1S/C12H10ClNO2/c1-8-3-2-4-10(5-8)14-7-9(13)6-11(14)12(15)16/h2-7H,1H3,(H,15,16). The van der Waals surface area contributed by atoms with Crippen LogP contribution in [0.3, 0.4) is 0 Å². The van der Waals surface area contributed by atoms with Gasteiger partial charge in [0.15, 0.2) is 0 Å². The third-order valence-corrected chi connectivity index (χ3v) is 2.49. The van der Waals surface area contributed by atoms with Crippen molar-refractivity contribution < 1.29 is 9.90 Å². The summed E-state index contributed by atoms with van der Waals surface area (Å²) in [6.07, 6.45) is 1.60. The zero-order chi connectivity index (χ0) is 11.7. The molecule has 2 aromatic rings. The maximum absolute atomic E-state index is 11.0. The lowest BCUT2D eigenvalue weighted by Crippen LogP contribution is -2.05. The summed E-state index contributed by atoms with van der Waals surface area (Å²) in [4.78, 5) is 11.0. The number of hydrogen-bond acceptors (Lipinski definition) is 1. The zero-order valence-electron chi connectivity index (χ0n) is 8.64. The number of aromatic nitrogens is 1. The Morgan fingerprint density at radius 2 is 2.12 bits per heavy atom. The number of aryl methyl sites for hydroxylation is 1. The normalized spacial score (nSPS) is 10.4. The molecule has 0 fully saturated rings. The third kappa shape index (κ3) is 1.95. The maximum Gasteiger partial charge on any atom is 0.352 e. The quantitative estimate of drug-likeness (QED) is 0.869. The summed E-state index contributed by atoms with van der Waals surface area (Å²) >= 11 is 5.82. The number of carbonyl (C=O) groups is 1. The molecular weight excluding hydrogens is 226 g/mol. The summed E-state index contributed by atoms with van der Waals surface area (Å²) in [6.45, 7) is 1.95. The molecule has 0 spiro atoms. The minimum Gasteiger partial charge on any atom is -0.477 e. The first kappa shape index (κ1) is 10.8. The van der Waals surface area contributed by atoms with Gasteiger partial charge in [-0.25, -0.2) is 4.79 Å². The topological polar surface area (TPSA) is 42.2 Å². The van der Waals surface area contributed by atoms with Crippen LogP contribution < -0.4 is 0 Å². The molecule has 1 heterocycles. The van der Waals surface area contributed by atoms with Gasteiger partial charge in [-0.05, 0) is 30.7 Å². The minimum absolute atomic E-state index is 0.163. The van der Waals surface area contributed by atoms with Crippen LogP contribution in [0.4, 0.5) is 0 Å². The molecule has 0 radical (unpaired) electrons. The molecule has 0 amide bonds. The second-order valence-electron chi connectivity index (χ2n) is 3.56. The average molecular weight is 236 g/mol. The van der Waals surface area contributed by atoms with Crippen molar-refractivity contribution in [1.29, 1.82) is 0 Å². The predicted molar refractivity (Wildman–Crippen MR) is 62.5 cm³/mol. The van der Waals surface area contributed by atoms with E-state index in [4.69, 9.17) is 16.7 Å². The highest BCUT2D eigenvalue weighted by atomic mass is 35.5. The Morgan fingerprint density at radius 3 is 2.75 bits per heavy atom. The fraction of sp³-hybridized carbons (Fsp3) is 0.0833. The number of carboxylic acids is 1. The van der Waals surface area contributed by atoms with E-state index in [1.54, 1.807) is 10.8 Å². The van der Waals surface area contributed by atoms with E-state index in [9.17, 15) is 4.79 Å². The average Bonchev–Trinajstić information content (AvgIpc) is 2.60. The van der Waals surface area contributed by atoms with Gasteiger partial charge in [0, 0.05) is 11.9 Å². The molecule has 0 atom stereocenters. The first-order chi connectivity index (χ1) is 7.58. The number of nitrogens with zero attached hydrogens (tertiary/aromatic N) is 1. The van der Waals surface area contributed by atoms with E-state index in [1.807, 2.05) is 31.2 Å². The highest BCUT2D eigenvalue weighted by Gasteiger charge is 2.12. The van der Waals surface area contributed by atoms with Crippen LogP contribution in [0, 0.1) is 6.92 Å². The lowest BCUT2D eigenvalue weighted by Gasteiger charge is -2.06. The summed E-state index contributed by atoms with van der Waals surface area (Å²) in [6, 6.07) is 9.02. The monoisotopic (exact) mass is 235 g/mol. The van der Waals surface area contributed by atoms with Crippen LogP contribution in [0.15, 0.2) is 36.5 Å². The van der Waals surface area contributed by atoms with E-state index in [0.29, 0.717) is 5.02 Å². The largest absolute Gasteiger partial charge is 0.477 e. The lowest BCUT2D eigenvalue weighted by atomic mass is 10.2. The molecule has 0 unspecified atom stereocenters. The molecule has 0 saturated heterocycles. The molecule has 0 saturated carbocycles. The molecular formula is C12H10ClNO2. The molecule has 0 aliphatic rings. The molecule has 4 heteroatoms. The van der Waals surface area contributed by atoms with E-state index in [2.05, 4.69) is 0 Å².